The summed E-state index contributed by atoms with van der Waals surface area (Å²) in [7, 11) is 0. The number of hydrogen-bond acceptors (Lipinski definition) is 4. The van der Waals surface area contributed by atoms with Gasteiger partial charge in [-0.15, -0.1) is 0 Å². The molecule has 4 heteroatoms. The summed E-state index contributed by atoms with van der Waals surface area (Å²) in [5.74, 6) is 1.44. The number of hydrogen-bond donors (Lipinski definition) is 2. The van der Waals surface area contributed by atoms with Crippen molar-refractivity contribution in [1.82, 2.24) is 0 Å². The molecule has 31 heavy (non-hydrogen) atoms. The van der Waals surface area contributed by atoms with E-state index in [1.165, 1.54) is 69.6 Å². The molecule has 0 atom stereocenters. The second kappa shape index (κ2) is 9.58. The smallest absolute Gasteiger partial charge is 0.194 e. The highest BCUT2D eigenvalue weighted by Gasteiger charge is 2.37. The average Bonchev–Trinajstić information content (AvgIpc) is 2.78. The molecule has 2 saturated carbocycles. The van der Waals surface area contributed by atoms with Crippen molar-refractivity contribution < 1.29 is 19.8 Å². The first kappa shape index (κ1) is 22.1. The van der Waals surface area contributed by atoms with Crippen LogP contribution in [0, 0.1) is 23.7 Å². The minimum atomic E-state index is -0.374. The summed E-state index contributed by atoms with van der Waals surface area (Å²) < 4.78 is 0. The molecule has 3 aliphatic carbocycles. The molecule has 0 heterocycles. The second-order valence-corrected chi connectivity index (χ2v) is 10.0. The number of carbonyl (C=O) groups is 2. The summed E-state index contributed by atoms with van der Waals surface area (Å²) in [6.45, 7) is 2.27. The Hall–Kier alpha value is -2.10. The Morgan fingerprint density at radius 1 is 0.806 bits per heavy atom. The number of rotatable bonds is 6. The van der Waals surface area contributed by atoms with E-state index in [9.17, 15) is 19.8 Å². The summed E-state index contributed by atoms with van der Waals surface area (Å²) in [6, 6.07) is 2.56. The highest BCUT2D eigenvalue weighted by molar-refractivity contribution is 6.26. The quantitative estimate of drug-likeness (QED) is 0.399. The second-order valence-electron chi connectivity index (χ2n) is 10.0. The summed E-state index contributed by atoms with van der Waals surface area (Å²) in [5, 5.41) is 20.2. The van der Waals surface area contributed by atoms with Crippen LogP contribution in [0.1, 0.15) is 105 Å². The molecule has 0 unspecified atom stereocenters. The van der Waals surface area contributed by atoms with Crippen LogP contribution in [0.15, 0.2) is 23.8 Å². The third kappa shape index (κ3) is 4.58. The number of allylic oxidation sites excluding steroid dienone is 2. The molecule has 2 N–H and O–H groups in total. The van der Waals surface area contributed by atoms with Gasteiger partial charge in [0.2, 0.25) is 0 Å². The molecule has 4 rings (SSSR count). The van der Waals surface area contributed by atoms with Crippen molar-refractivity contribution in [2.24, 2.45) is 23.7 Å². The van der Waals surface area contributed by atoms with Crippen LogP contribution < -0.4 is 0 Å². The van der Waals surface area contributed by atoms with E-state index >= 15 is 0 Å². The van der Waals surface area contributed by atoms with Crippen LogP contribution in [0.25, 0.3) is 0 Å². The van der Waals surface area contributed by atoms with Gasteiger partial charge in [0.1, 0.15) is 11.5 Å². The van der Waals surface area contributed by atoms with Crippen LogP contribution in [0.5, 0.6) is 11.5 Å². The van der Waals surface area contributed by atoms with Crippen LogP contribution in [-0.2, 0) is 0 Å². The maximum atomic E-state index is 13.1. The number of aromatic hydroxyl groups is 2. The predicted molar refractivity (Wildman–Crippen MR) is 122 cm³/mol. The van der Waals surface area contributed by atoms with Crippen molar-refractivity contribution in [1.29, 1.82) is 0 Å². The Labute approximate surface area is 185 Å². The molecule has 0 aliphatic heterocycles. The zero-order chi connectivity index (χ0) is 22.0. The largest absolute Gasteiger partial charge is 0.507 e. The Morgan fingerprint density at radius 3 is 2.00 bits per heavy atom. The molecule has 3 aliphatic rings. The lowest BCUT2D eigenvalue weighted by Gasteiger charge is -2.38. The van der Waals surface area contributed by atoms with Crippen molar-refractivity contribution in [3.8, 4) is 11.5 Å². The molecule has 0 spiro atoms. The zero-order valence-electron chi connectivity index (χ0n) is 18.7. The van der Waals surface area contributed by atoms with Crippen molar-refractivity contribution in [3.05, 3.63) is 34.9 Å². The zero-order valence-corrected chi connectivity index (χ0v) is 18.7. The van der Waals surface area contributed by atoms with Gasteiger partial charge in [-0.05, 0) is 80.4 Å². The Kier molecular flexibility index (Phi) is 6.83. The van der Waals surface area contributed by atoms with Gasteiger partial charge in [0.25, 0.3) is 0 Å². The van der Waals surface area contributed by atoms with Gasteiger partial charge in [0, 0.05) is 5.57 Å². The molecule has 0 bridgehead atoms. The molecule has 1 aromatic carbocycles. The van der Waals surface area contributed by atoms with Crippen molar-refractivity contribution in [2.45, 2.75) is 84.0 Å². The molecule has 4 nitrogen and oxygen atoms in total. The van der Waals surface area contributed by atoms with Crippen LogP contribution in [-0.4, -0.2) is 21.8 Å². The Balaban J connectivity index is 1.34. The van der Waals surface area contributed by atoms with Gasteiger partial charge in [-0.3, -0.25) is 9.59 Å². The lowest BCUT2D eigenvalue weighted by atomic mass is 9.67. The predicted octanol–water partition coefficient (Wildman–Crippen LogP) is 6.60. The number of fused-ring (bicyclic) bond motifs is 1. The number of unbranched alkanes of at least 4 members (excludes halogenated alkanes) is 2. The summed E-state index contributed by atoms with van der Waals surface area (Å²) in [4.78, 5) is 25.7. The summed E-state index contributed by atoms with van der Waals surface area (Å²) >= 11 is 0. The van der Waals surface area contributed by atoms with E-state index in [1.807, 2.05) is 0 Å². The Bertz CT molecular complexity index is 852. The lowest BCUT2D eigenvalue weighted by Crippen LogP contribution is -2.29. The SMILES string of the molecule is CCCCCC1CCC(C2CCC(C3=CC(=O)c4c(O)ccc(O)c4C3=O)CC2)CC1. The standard InChI is InChI=1S/C27H36O4/c1-2-3-4-5-17-6-8-18(9-7-17)19-10-12-20(13-11-19)21-16-24(30)25-22(28)14-15-23(29)26(25)27(21)31/h14-20,28-29H,2-13H2,1H3. The van der Waals surface area contributed by atoms with Crippen molar-refractivity contribution >= 4 is 11.6 Å². The van der Waals surface area contributed by atoms with Gasteiger partial charge in [0.15, 0.2) is 11.6 Å². The summed E-state index contributed by atoms with van der Waals surface area (Å²) in [5.41, 5.74) is 0.445. The van der Waals surface area contributed by atoms with E-state index < -0.39 is 0 Å². The highest BCUT2D eigenvalue weighted by atomic mass is 16.3. The number of ketones is 2. The Morgan fingerprint density at radius 2 is 1.39 bits per heavy atom. The highest BCUT2D eigenvalue weighted by Crippen LogP contribution is 2.45. The molecule has 1 aromatic rings. The van der Waals surface area contributed by atoms with Gasteiger partial charge in [-0.25, -0.2) is 0 Å². The maximum absolute atomic E-state index is 13.1. The van der Waals surface area contributed by atoms with Crippen LogP contribution in [0.2, 0.25) is 0 Å². The molecule has 2 fully saturated rings. The number of Topliss-reactive ketones (excluding diaryl/α,β-unsaturated/α-hetero) is 1. The minimum Gasteiger partial charge on any atom is -0.507 e. The van der Waals surface area contributed by atoms with E-state index in [1.54, 1.807) is 0 Å². The van der Waals surface area contributed by atoms with E-state index in [0.29, 0.717) is 5.57 Å². The molecule has 168 valence electrons. The molecular weight excluding hydrogens is 388 g/mol. The molecule has 0 radical (unpaired) electrons. The van der Waals surface area contributed by atoms with Gasteiger partial charge >= 0.3 is 0 Å². The fourth-order valence-corrected chi connectivity index (χ4v) is 6.32. The topological polar surface area (TPSA) is 74.6 Å². The van der Waals surface area contributed by atoms with Gasteiger partial charge in [0.05, 0.1) is 11.1 Å². The first-order chi connectivity index (χ1) is 15.0. The fraction of sp³-hybridized carbons (Fsp3) is 0.630. The van der Waals surface area contributed by atoms with Gasteiger partial charge in [-0.2, -0.15) is 0 Å². The first-order valence-electron chi connectivity index (χ1n) is 12.3. The number of phenolic OH excluding ortho intramolecular Hbond substituents is 2. The average molecular weight is 425 g/mol. The molecular formula is C27H36O4. The first-order valence-corrected chi connectivity index (χ1v) is 12.3. The van der Waals surface area contributed by atoms with E-state index in [2.05, 4.69) is 6.92 Å². The van der Waals surface area contributed by atoms with Gasteiger partial charge in [-0.1, -0.05) is 45.4 Å². The normalized spacial score (nSPS) is 28.9. The monoisotopic (exact) mass is 424 g/mol. The third-order valence-electron chi connectivity index (χ3n) is 8.17. The minimum absolute atomic E-state index is 0.0222. The molecule has 0 saturated heterocycles. The van der Waals surface area contributed by atoms with Crippen molar-refractivity contribution in [3.63, 3.8) is 0 Å². The third-order valence-corrected chi connectivity index (χ3v) is 8.17. The van der Waals surface area contributed by atoms with Crippen LogP contribution in [0.4, 0.5) is 0 Å². The maximum Gasteiger partial charge on any atom is 0.194 e. The van der Waals surface area contributed by atoms with Crippen LogP contribution in [0.3, 0.4) is 0 Å². The number of benzene rings is 1. The van der Waals surface area contributed by atoms with Gasteiger partial charge < -0.3 is 10.2 Å². The van der Waals surface area contributed by atoms with Crippen LogP contribution >= 0.6 is 0 Å². The van der Waals surface area contributed by atoms with E-state index in [0.717, 1.165) is 43.4 Å². The fourth-order valence-electron chi connectivity index (χ4n) is 6.32. The van der Waals surface area contributed by atoms with Crippen molar-refractivity contribution in [2.75, 3.05) is 0 Å². The number of phenols is 2. The van der Waals surface area contributed by atoms with E-state index in [4.69, 9.17) is 0 Å². The summed E-state index contributed by atoms with van der Waals surface area (Å²) in [6.07, 6.45) is 16.4. The van der Waals surface area contributed by atoms with E-state index in [-0.39, 0.29) is 40.1 Å². The molecule has 0 aromatic heterocycles. The number of carbonyl (C=O) groups excluding carboxylic acids is 2. The lowest BCUT2D eigenvalue weighted by molar-refractivity contribution is 0.0955. The molecule has 0 amide bonds.